The van der Waals surface area contributed by atoms with Gasteiger partial charge in [0.05, 0.1) is 6.61 Å². The second kappa shape index (κ2) is 33.9. The molecule has 0 saturated carbocycles. The van der Waals surface area contributed by atoms with Crippen LogP contribution in [-0.2, 0) is 9.57 Å². The van der Waals surface area contributed by atoms with Gasteiger partial charge in [0.2, 0.25) is 0 Å². The van der Waals surface area contributed by atoms with E-state index in [2.05, 4.69) is 18.9 Å². The Balaban J connectivity index is 3.36. The zero-order chi connectivity index (χ0) is 26.9. The zero-order valence-electron chi connectivity index (χ0n) is 25.8. The Morgan fingerprint density at radius 3 is 1.16 bits per heavy atom. The topological polar surface area (TPSA) is 47.7 Å². The molecule has 4 heteroatoms. The maximum Gasteiger partial charge on any atom is 0.0685 e. The van der Waals surface area contributed by atoms with Gasteiger partial charge in [-0.2, -0.15) is 5.06 Å². The smallest absolute Gasteiger partial charge is 0.0685 e. The molecule has 0 aliphatic heterocycles. The summed E-state index contributed by atoms with van der Waals surface area (Å²) in [7, 11) is 0. The molecule has 0 aromatic heterocycles. The normalized spacial score (nSPS) is 11.7. The van der Waals surface area contributed by atoms with E-state index < -0.39 is 0 Å². The summed E-state index contributed by atoms with van der Waals surface area (Å²) in [5, 5.41) is 2.06. The molecule has 37 heavy (non-hydrogen) atoms. The molecule has 0 aliphatic rings. The van der Waals surface area contributed by atoms with E-state index in [9.17, 15) is 0 Å². The highest BCUT2D eigenvalue weighted by molar-refractivity contribution is 4.52. The minimum Gasteiger partial charge on any atom is -0.381 e. The quantitative estimate of drug-likeness (QED) is 0.0682. The number of ether oxygens (including phenoxy) is 1. The second-order valence-corrected chi connectivity index (χ2v) is 11.3. The Hall–Kier alpha value is -0.160. The fraction of sp³-hybridized carbons (Fsp3) is 1.00. The number of unbranched alkanes of at least 4 members (excludes halogenated alkanes) is 22. The van der Waals surface area contributed by atoms with E-state index >= 15 is 0 Å². The summed E-state index contributed by atoms with van der Waals surface area (Å²) in [6.45, 7) is 9.55. The molecule has 0 bridgehead atoms. The van der Waals surface area contributed by atoms with Crippen LogP contribution in [0.5, 0.6) is 0 Å². The van der Waals surface area contributed by atoms with Crippen molar-refractivity contribution in [1.29, 1.82) is 0 Å². The predicted octanol–water partition coefficient (Wildman–Crippen LogP) is 9.99. The van der Waals surface area contributed by atoms with E-state index in [-0.39, 0.29) is 0 Å². The summed E-state index contributed by atoms with van der Waals surface area (Å²) in [4.78, 5) is 6.00. The molecule has 2 N–H and O–H groups in total. The highest BCUT2D eigenvalue weighted by Gasteiger charge is 2.04. The predicted molar refractivity (Wildman–Crippen MR) is 164 cm³/mol. The lowest BCUT2D eigenvalue weighted by molar-refractivity contribution is -0.160. The first-order valence-electron chi connectivity index (χ1n) is 17.0. The summed E-state index contributed by atoms with van der Waals surface area (Å²) < 4.78 is 5.86. The van der Waals surface area contributed by atoms with Gasteiger partial charge in [-0.15, -0.1) is 0 Å². The highest BCUT2D eigenvalue weighted by Crippen LogP contribution is 2.13. The van der Waals surface area contributed by atoms with E-state index in [1.165, 1.54) is 148 Å². The molecule has 0 amide bonds. The van der Waals surface area contributed by atoms with Crippen LogP contribution in [0.15, 0.2) is 0 Å². The van der Waals surface area contributed by atoms with Crippen LogP contribution in [0.1, 0.15) is 174 Å². The van der Waals surface area contributed by atoms with Crippen molar-refractivity contribution in [3.63, 3.8) is 0 Å². The molecule has 0 aliphatic carbocycles. The fourth-order valence-corrected chi connectivity index (χ4v) is 5.01. The number of hydrogen-bond acceptors (Lipinski definition) is 4. The van der Waals surface area contributed by atoms with Gasteiger partial charge in [-0.3, -0.25) is 4.84 Å². The lowest BCUT2D eigenvalue weighted by atomic mass is 10.1. The van der Waals surface area contributed by atoms with Crippen LogP contribution in [0, 0.1) is 0 Å². The Bertz CT molecular complexity index is 395. The number of nitrogens with zero attached hydrogens (tertiary/aromatic N) is 1. The van der Waals surface area contributed by atoms with E-state index in [1.54, 1.807) is 0 Å². The van der Waals surface area contributed by atoms with E-state index in [4.69, 9.17) is 15.3 Å². The Labute approximate surface area is 234 Å². The minimum atomic E-state index is 0.651. The Kier molecular flexibility index (Phi) is 33.7. The number of rotatable bonds is 33. The first-order chi connectivity index (χ1) is 18.3. The van der Waals surface area contributed by atoms with Crippen LogP contribution in [0.4, 0.5) is 0 Å². The summed E-state index contributed by atoms with van der Waals surface area (Å²) in [5.41, 5.74) is 5.78. The van der Waals surface area contributed by atoms with Crippen LogP contribution >= 0.6 is 0 Å². The van der Waals surface area contributed by atoms with Crippen LogP contribution in [0.3, 0.4) is 0 Å². The van der Waals surface area contributed by atoms with Crippen molar-refractivity contribution in [3.8, 4) is 0 Å². The summed E-state index contributed by atoms with van der Waals surface area (Å²) in [6.07, 6.45) is 34.3. The van der Waals surface area contributed by atoms with Gasteiger partial charge in [0.25, 0.3) is 0 Å². The molecule has 0 aromatic carbocycles. The zero-order valence-corrected chi connectivity index (χ0v) is 25.8. The largest absolute Gasteiger partial charge is 0.381 e. The van der Waals surface area contributed by atoms with Crippen molar-refractivity contribution >= 4 is 0 Å². The van der Waals surface area contributed by atoms with Crippen LogP contribution in [0.2, 0.25) is 0 Å². The number of nitrogens with two attached hydrogens (primary N) is 1. The summed E-state index contributed by atoms with van der Waals surface area (Å²) in [5.74, 6) is 0. The molecule has 0 aromatic rings. The molecule has 0 rings (SSSR count). The average molecular weight is 527 g/mol. The van der Waals surface area contributed by atoms with Gasteiger partial charge >= 0.3 is 0 Å². The molecule has 0 saturated heterocycles. The first kappa shape index (κ1) is 36.8. The van der Waals surface area contributed by atoms with Crippen molar-refractivity contribution < 1.29 is 9.57 Å². The molecule has 4 nitrogen and oxygen atoms in total. The summed E-state index contributed by atoms with van der Waals surface area (Å²) in [6, 6.07) is 0. The molecular formula is C33H70N2O2. The Morgan fingerprint density at radius 2 is 0.757 bits per heavy atom. The van der Waals surface area contributed by atoms with Gasteiger partial charge in [-0.1, -0.05) is 155 Å². The molecule has 0 spiro atoms. The third-order valence-corrected chi connectivity index (χ3v) is 7.49. The van der Waals surface area contributed by atoms with Gasteiger partial charge in [-0.25, -0.2) is 0 Å². The van der Waals surface area contributed by atoms with E-state index in [0.29, 0.717) is 6.54 Å². The van der Waals surface area contributed by atoms with Crippen molar-refractivity contribution in [1.82, 2.24) is 5.06 Å². The van der Waals surface area contributed by atoms with Gasteiger partial charge in [0, 0.05) is 32.8 Å². The maximum atomic E-state index is 6.00. The second-order valence-electron chi connectivity index (χ2n) is 11.3. The van der Waals surface area contributed by atoms with Gasteiger partial charge in [0.1, 0.15) is 0 Å². The van der Waals surface area contributed by atoms with Gasteiger partial charge in [0.15, 0.2) is 0 Å². The summed E-state index contributed by atoms with van der Waals surface area (Å²) >= 11 is 0. The van der Waals surface area contributed by atoms with Crippen molar-refractivity contribution in [2.75, 3.05) is 39.5 Å². The molecule has 0 fully saturated rings. The third-order valence-electron chi connectivity index (χ3n) is 7.49. The third kappa shape index (κ3) is 32.0. The van der Waals surface area contributed by atoms with Crippen molar-refractivity contribution in [2.24, 2.45) is 5.73 Å². The number of hydroxylamine groups is 2. The minimum absolute atomic E-state index is 0.651. The maximum absolute atomic E-state index is 6.00. The van der Waals surface area contributed by atoms with Crippen LogP contribution < -0.4 is 5.73 Å². The lowest BCUT2D eigenvalue weighted by Gasteiger charge is -2.21. The molecule has 0 radical (unpaired) electrons. The lowest BCUT2D eigenvalue weighted by Crippen LogP contribution is -2.31. The Morgan fingerprint density at radius 1 is 0.405 bits per heavy atom. The highest BCUT2D eigenvalue weighted by atomic mass is 16.7. The molecule has 0 atom stereocenters. The molecular weight excluding hydrogens is 456 g/mol. The van der Waals surface area contributed by atoms with E-state index in [0.717, 1.165) is 45.8 Å². The average Bonchev–Trinajstić information content (AvgIpc) is 2.91. The van der Waals surface area contributed by atoms with Crippen LogP contribution in [0.25, 0.3) is 0 Å². The van der Waals surface area contributed by atoms with Crippen molar-refractivity contribution in [2.45, 2.75) is 174 Å². The van der Waals surface area contributed by atoms with E-state index in [1.807, 2.05) is 0 Å². The van der Waals surface area contributed by atoms with Crippen molar-refractivity contribution in [3.05, 3.63) is 0 Å². The standard InChI is InChI=1S/C33H70N2O2/c1-3-5-7-9-11-13-15-17-19-21-23-25-31-36-32-27-29-35(30-28-34)37-33-26-24-22-20-18-16-14-12-10-8-6-4-2/h3-34H2,1-2H3. The molecule has 0 heterocycles. The van der Waals surface area contributed by atoms with Gasteiger partial charge < -0.3 is 10.5 Å². The van der Waals surface area contributed by atoms with Gasteiger partial charge in [-0.05, 0) is 19.3 Å². The molecule has 224 valence electrons. The van der Waals surface area contributed by atoms with Crippen LogP contribution in [-0.4, -0.2) is 44.5 Å². The fourth-order valence-electron chi connectivity index (χ4n) is 5.01. The SMILES string of the molecule is CCCCCCCCCCCCCCOCCCN(CCN)OCCCCCCCCCCCCCC. The monoisotopic (exact) mass is 527 g/mol. The number of hydrogen-bond donors (Lipinski definition) is 1. The molecule has 0 unspecified atom stereocenters. The first-order valence-corrected chi connectivity index (χ1v) is 17.0.